The molecule has 0 aliphatic heterocycles. The topological polar surface area (TPSA) is 17.1 Å². The highest BCUT2D eigenvalue weighted by atomic mass is 16.1. The number of allylic oxidation sites excluding steroid dienone is 6. The maximum absolute atomic E-state index is 11.5. The Labute approximate surface area is 119 Å². The van der Waals surface area contributed by atoms with Gasteiger partial charge in [0.1, 0.15) is 0 Å². The Bertz CT molecular complexity index is 284. The highest BCUT2D eigenvalue weighted by Crippen LogP contribution is 2.09. The summed E-state index contributed by atoms with van der Waals surface area (Å²) in [5, 5.41) is 0. The van der Waals surface area contributed by atoms with Gasteiger partial charge < -0.3 is 0 Å². The van der Waals surface area contributed by atoms with Gasteiger partial charge in [-0.2, -0.15) is 0 Å². The normalized spacial score (nSPS) is 12.1. The van der Waals surface area contributed by atoms with Crippen LogP contribution in [0.1, 0.15) is 71.6 Å². The standard InChI is InChI=1S/C18H30O/c1-3-5-7-9-10-11-13-15-17-18(19)16-14-12-8-6-4-2/h4,6,8,12,14,16H,3,5,7,9-11,13,15,17H2,1-2H3. The van der Waals surface area contributed by atoms with Crippen molar-refractivity contribution < 1.29 is 4.79 Å². The van der Waals surface area contributed by atoms with Gasteiger partial charge in [-0.1, -0.05) is 82.2 Å². The van der Waals surface area contributed by atoms with E-state index in [4.69, 9.17) is 0 Å². The lowest BCUT2D eigenvalue weighted by atomic mass is 10.1. The van der Waals surface area contributed by atoms with E-state index in [1.165, 1.54) is 44.9 Å². The van der Waals surface area contributed by atoms with Gasteiger partial charge in [0.25, 0.3) is 0 Å². The van der Waals surface area contributed by atoms with Crippen molar-refractivity contribution in [2.45, 2.75) is 71.6 Å². The Morgan fingerprint density at radius 3 is 2.00 bits per heavy atom. The van der Waals surface area contributed by atoms with Crippen LogP contribution in [0.3, 0.4) is 0 Å². The van der Waals surface area contributed by atoms with E-state index in [2.05, 4.69) is 6.92 Å². The van der Waals surface area contributed by atoms with E-state index in [1.54, 1.807) is 6.08 Å². The Balaban J connectivity index is 3.38. The molecule has 108 valence electrons. The summed E-state index contributed by atoms with van der Waals surface area (Å²) < 4.78 is 0. The Hall–Kier alpha value is -1.11. The lowest BCUT2D eigenvalue weighted by Crippen LogP contribution is -1.92. The van der Waals surface area contributed by atoms with Crippen molar-refractivity contribution in [2.75, 3.05) is 0 Å². The quantitative estimate of drug-likeness (QED) is 0.248. The molecule has 1 nitrogen and oxygen atoms in total. The van der Waals surface area contributed by atoms with Gasteiger partial charge in [0, 0.05) is 6.42 Å². The average Bonchev–Trinajstić information content (AvgIpc) is 2.41. The van der Waals surface area contributed by atoms with Crippen molar-refractivity contribution in [3.05, 3.63) is 36.5 Å². The molecule has 0 aliphatic rings. The fraction of sp³-hybridized carbons (Fsp3) is 0.611. The van der Waals surface area contributed by atoms with Crippen molar-refractivity contribution in [2.24, 2.45) is 0 Å². The van der Waals surface area contributed by atoms with Crippen LogP contribution in [0.5, 0.6) is 0 Å². The molecule has 0 rings (SSSR count). The van der Waals surface area contributed by atoms with Gasteiger partial charge in [-0.3, -0.25) is 4.79 Å². The van der Waals surface area contributed by atoms with Crippen LogP contribution in [0.25, 0.3) is 0 Å². The highest BCUT2D eigenvalue weighted by Gasteiger charge is 1.96. The zero-order valence-electron chi connectivity index (χ0n) is 12.7. The molecule has 0 radical (unpaired) electrons. The van der Waals surface area contributed by atoms with Gasteiger partial charge in [-0.05, 0) is 19.4 Å². The first-order valence-electron chi connectivity index (χ1n) is 7.80. The van der Waals surface area contributed by atoms with Gasteiger partial charge in [0.15, 0.2) is 5.78 Å². The summed E-state index contributed by atoms with van der Waals surface area (Å²) in [4.78, 5) is 11.5. The molecule has 0 aliphatic carbocycles. The summed E-state index contributed by atoms with van der Waals surface area (Å²) in [6.45, 7) is 4.22. The van der Waals surface area contributed by atoms with E-state index in [9.17, 15) is 4.79 Å². The van der Waals surface area contributed by atoms with Crippen LogP contribution in [0.2, 0.25) is 0 Å². The Morgan fingerprint density at radius 1 is 0.789 bits per heavy atom. The second-order valence-corrected chi connectivity index (χ2v) is 4.96. The van der Waals surface area contributed by atoms with Crippen LogP contribution in [-0.4, -0.2) is 5.78 Å². The third-order valence-corrected chi connectivity index (χ3v) is 3.08. The van der Waals surface area contributed by atoms with E-state index >= 15 is 0 Å². The van der Waals surface area contributed by atoms with Gasteiger partial charge in [-0.15, -0.1) is 0 Å². The maximum atomic E-state index is 11.5. The van der Waals surface area contributed by atoms with E-state index < -0.39 is 0 Å². The maximum Gasteiger partial charge on any atom is 0.155 e. The summed E-state index contributed by atoms with van der Waals surface area (Å²) in [5.74, 6) is 0.246. The van der Waals surface area contributed by atoms with Gasteiger partial charge >= 0.3 is 0 Å². The molecule has 19 heavy (non-hydrogen) atoms. The van der Waals surface area contributed by atoms with Crippen LogP contribution in [-0.2, 0) is 4.79 Å². The third-order valence-electron chi connectivity index (χ3n) is 3.08. The summed E-state index contributed by atoms with van der Waals surface area (Å²) in [5.41, 5.74) is 0. The van der Waals surface area contributed by atoms with E-state index in [0.717, 1.165) is 6.42 Å². The Kier molecular flexibility index (Phi) is 14.1. The minimum Gasteiger partial charge on any atom is -0.295 e. The van der Waals surface area contributed by atoms with Crippen molar-refractivity contribution in [3.8, 4) is 0 Å². The number of rotatable bonds is 12. The van der Waals surface area contributed by atoms with E-state index in [-0.39, 0.29) is 5.78 Å². The first kappa shape index (κ1) is 17.9. The van der Waals surface area contributed by atoms with Crippen molar-refractivity contribution in [3.63, 3.8) is 0 Å². The molecule has 0 spiro atoms. The molecule has 0 unspecified atom stereocenters. The fourth-order valence-electron chi connectivity index (χ4n) is 1.92. The molecule has 0 saturated carbocycles. The summed E-state index contributed by atoms with van der Waals surface area (Å²) in [6, 6.07) is 0. The van der Waals surface area contributed by atoms with Crippen LogP contribution in [0, 0.1) is 0 Å². The average molecular weight is 262 g/mol. The molecule has 0 saturated heterocycles. The van der Waals surface area contributed by atoms with Gasteiger partial charge in [0.05, 0.1) is 0 Å². The zero-order valence-corrected chi connectivity index (χ0v) is 12.7. The molecule has 0 N–H and O–H groups in total. The van der Waals surface area contributed by atoms with Crippen molar-refractivity contribution in [1.82, 2.24) is 0 Å². The molecule has 0 heterocycles. The molecular formula is C18H30O. The third kappa shape index (κ3) is 14.8. The fourth-order valence-corrected chi connectivity index (χ4v) is 1.92. The highest BCUT2D eigenvalue weighted by molar-refractivity contribution is 5.89. The molecule has 0 bridgehead atoms. The van der Waals surface area contributed by atoms with E-state index in [1.807, 2.05) is 37.3 Å². The number of carbonyl (C=O) groups excluding carboxylic acids is 1. The smallest absolute Gasteiger partial charge is 0.155 e. The van der Waals surface area contributed by atoms with Crippen LogP contribution < -0.4 is 0 Å². The second kappa shape index (κ2) is 14.9. The molecule has 0 atom stereocenters. The molecule has 0 aromatic heterocycles. The van der Waals surface area contributed by atoms with E-state index in [0.29, 0.717) is 6.42 Å². The van der Waals surface area contributed by atoms with Crippen molar-refractivity contribution >= 4 is 5.78 Å². The first-order chi connectivity index (χ1) is 9.31. The molecule has 0 aromatic rings. The lowest BCUT2D eigenvalue weighted by molar-refractivity contribution is -0.114. The van der Waals surface area contributed by atoms with Gasteiger partial charge in [-0.25, -0.2) is 0 Å². The summed E-state index contributed by atoms with van der Waals surface area (Å²) in [6.07, 6.45) is 22.2. The number of carbonyl (C=O) groups is 1. The monoisotopic (exact) mass is 262 g/mol. The zero-order chi connectivity index (χ0) is 14.2. The first-order valence-corrected chi connectivity index (χ1v) is 7.80. The largest absolute Gasteiger partial charge is 0.295 e. The van der Waals surface area contributed by atoms with Crippen LogP contribution >= 0.6 is 0 Å². The number of hydrogen-bond donors (Lipinski definition) is 0. The predicted molar refractivity (Wildman–Crippen MR) is 85.3 cm³/mol. The Morgan fingerprint density at radius 2 is 1.37 bits per heavy atom. The number of ketones is 1. The second-order valence-electron chi connectivity index (χ2n) is 4.96. The SMILES string of the molecule is CC=CC=CC=CC(=O)CCCCCCCCCC. The summed E-state index contributed by atoms with van der Waals surface area (Å²) >= 11 is 0. The molecular weight excluding hydrogens is 232 g/mol. The number of hydrogen-bond acceptors (Lipinski definition) is 1. The molecule has 0 aromatic carbocycles. The molecule has 0 amide bonds. The molecule has 1 heteroatoms. The summed E-state index contributed by atoms with van der Waals surface area (Å²) in [7, 11) is 0. The van der Waals surface area contributed by atoms with Crippen LogP contribution in [0.15, 0.2) is 36.5 Å². The number of unbranched alkanes of at least 4 members (excludes halogenated alkanes) is 7. The predicted octanol–water partition coefficient (Wildman–Crippen LogP) is 5.77. The minimum atomic E-state index is 0.246. The lowest BCUT2D eigenvalue weighted by Gasteiger charge is -2.00. The van der Waals surface area contributed by atoms with Crippen molar-refractivity contribution in [1.29, 1.82) is 0 Å². The van der Waals surface area contributed by atoms with Gasteiger partial charge in [0.2, 0.25) is 0 Å². The van der Waals surface area contributed by atoms with Crippen LogP contribution in [0.4, 0.5) is 0 Å². The molecule has 0 fully saturated rings. The minimum absolute atomic E-state index is 0.246.